The lowest BCUT2D eigenvalue weighted by Crippen LogP contribution is -2.26. The van der Waals surface area contributed by atoms with Crippen molar-refractivity contribution in [1.29, 1.82) is 0 Å². The van der Waals surface area contributed by atoms with Crippen LogP contribution in [0.1, 0.15) is 10.5 Å². The standard InChI is InChI=1S/C14H11BrN4O/c1-19(14(20)12-4-5-17-18-12)11-3-2-9-6-10(15)8-16-13(9)7-11/h2-8H,1H3,(H,17,18). The predicted octanol–water partition coefficient (Wildman–Crippen LogP) is 3.00. The van der Waals surface area contributed by atoms with Crippen molar-refractivity contribution in [3.8, 4) is 0 Å². The molecule has 1 amide bonds. The molecule has 0 unspecified atom stereocenters. The highest BCUT2D eigenvalue weighted by Gasteiger charge is 2.15. The number of carbonyl (C=O) groups is 1. The number of carbonyl (C=O) groups excluding carboxylic acids is 1. The van der Waals surface area contributed by atoms with E-state index >= 15 is 0 Å². The molecule has 0 aliphatic rings. The maximum Gasteiger partial charge on any atom is 0.276 e. The molecule has 3 aromatic rings. The molecule has 0 radical (unpaired) electrons. The number of hydrogen-bond acceptors (Lipinski definition) is 3. The number of benzene rings is 1. The Morgan fingerprint density at radius 1 is 1.30 bits per heavy atom. The van der Waals surface area contributed by atoms with Gasteiger partial charge in [-0.15, -0.1) is 0 Å². The summed E-state index contributed by atoms with van der Waals surface area (Å²) < 4.78 is 0.930. The van der Waals surface area contributed by atoms with Gasteiger partial charge in [0.25, 0.3) is 5.91 Å². The number of nitrogens with zero attached hydrogens (tertiary/aromatic N) is 3. The third-order valence-electron chi connectivity index (χ3n) is 3.06. The molecule has 0 atom stereocenters. The van der Waals surface area contributed by atoms with Crippen molar-refractivity contribution in [2.24, 2.45) is 0 Å². The van der Waals surface area contributed by atoms with Gasteiger partial charge >= 0.3 is 0 Å². The first-order chi connectivity index (χ1) is 9.65. The third kappa shape index (κ3) is 2.30. The van der Waals surface area contributed by atoms with E-state index in [1.165, 1.54) is 0 Å². The highest BCUT2D eigenvalue weighted by molar-refractivity contribution is 9.10. The van der Waals surface area contributed by atoms with Gasteiger partial charge in [-0.25, -0.2) is 0 Å². The summed E-state index contributed by atoms with van der Waals surface area (Å²) in [6.45, 7) is 0. The molecule has 0 spiro atoms. The van der Waals surface area contributed by atoms with E-state index in [1.54, 1.807) is 30.4 Å². The molecular formula is C14H11BrN4O. The first-order valence-corrected chi connectivity index (χ1v) is 6.77. The second-order valence-electron chi connectivity index (χ2n) is 4.37. The van der Waals surface area contributed by atoms with E-state index in [4.69, 9.17) is 0 Å². The van der Waals surface area contributed by atoms with Crippen LogP contribution >= 0.6 is 15.9 Å². The minimum absolute atomic E-state index is 0.140. The molecule has 0 aliphatic heterocycles. The number of aromatic nitrogens is 3. The van der Waals surface area contributed by atoms with Crippen LogP contribution in [0, 0.1) is 0 Å². The zero-order valence-corrected chi connectivity index (χ0v) is 12.3. The van der Waals surface area contributed by atoms with Crippen LogP contribution in [0.2, 0.25) is 0 Å². The van der Waals surface area contributed by atoms with E-state index in [0.717, 1.165) is 21.1 Å². The van der Waals surface area contributed by atoms with Crippen LogP contribution in [-0.4, -0.2) is 28.1 Å². The van der Waals surface area contributed by atoms with Crippen molar-refractivity contribution in [3.05, 3.63) is 52.9 Å². The Hall–Kier alpha value is -2.21. The Kier molecular flexibility index (Phi) is 3.23. The largest absolute Gasteiger partial charge is 0.310 e. The Balaban J connectivity index is 1.97. The fourth-order valence-electron chi connectivity index (χ4n) is 1.96. The molecule has 0 saturated heterocycles. The second kappa shape index (κ2) is 5.05. The minimum atomic E-state index is -0.140. The number of H-pyrrole nitrogens is 1. The SMILES string of the molecule is CN(C(=O)c1ccn[nH]1)c1ccc2cc(Br)cnc2c1. The molecule has 0 saturated carbocycles. The second-order valence-corrected chi connectivity index (χ2v) is 5.28. The summed E-state index contributed by atoms with van der Waals surface area (Å²) in [5, 5.41) is 7.48. The summed E-state index contributed by atoms with van der Waals surface area (Å²) >= 11 is 3.39. The van der Waals surface area contributed by atoms with Crippen molar-refractivity contribution < 1.29 is 4.79 Å². The Labute approximate surface area is 123 Å². The molecule has 3 rings (SSSR count). The zero-order chi connectivity index (χ0) is 14.1. The number of rotatable bonds is 2. The highest BCUT2D eigenvalue weighted by atomic mass is 79.9. The van der Waals surface area contributed by atoms with Gasteiger partial charge in [0.2, 0.25) is 0 Å². The smallest absolute Gasteiger partial charge is 0.276 e. The number of anilines is 1. The first kappa shape index (κ1) is 12.8. The maximum atomic E-state index is 12.2. The van der Waals surface area contributed by atoms with Crippen molar-refractivity contribution >= 4 is 38.4 Å². The topological polar surface area (TPSA) is 61.9 Å². The molecule has 20 heavy (non-hydrogen) atoms. The number of fused-ring (bicyclic) bond motifs is 1. The predicted molar refractivity (Wildman–Crippen MR) is 80.8 cm³/mol. The molecule has 2 heterocycles. The fraction of sp³-hybridized carbons (Fsp3) is 0.0714. The fourth-order valence-corrected chi connectivity index (χ4v) is 2.31. The summed E-state index contributed by atoms with van der Waals surface area (Å²) in [7, 11) is 1.73. The average Bonchev–Trinajstić information content (AvgIpc) is 2.99. The quantitative estimate of drug-likeness (QED) is 0.785. The van der Waals surface area contributed by atoms with Crippen LogP contribution in [0.3, 0.4) is 0 Å². The third-order valence-corrected chi connectivity index (χ3v) is 3.49. The molecule has 6 heteroatoms. The molecule has 0 bridgehead atoms. The van der Waals surface area contributed by atoms with Gasteiger partial charge in [0, 0.05) is 35.0 Å². The monoisotopic (exact) mass is 330 g/mol. The van der Waals surface area contributed by atoms with Crippen LogP contribution in [-0.2, 0) is 0 Å². The van der Waals surface area contributed by atoms with Gasteiger partial charge in [-0.05, 0) is 40.2 Å². The van der Waals surface area contributed by atoms with Crippen molar-refractivity contribution in [2.45, 2.75) is 0 Å². The van der Waals surface area contributed by atoms with Crippen molar-refractivity contribution in [1.82, 2.24) is 15.2 Å². The van der Waals surface area contributed by atoms with E-state index in [1.807, 2.05) is 24.3 Å². The highest BCUT2D eigenvalue weighted by Crippen LogP contribution is 2.23. The lowest BCUT2D eigenvalue weighted by molar-refractivity contribution is 0.0988. The van der Waals surface area contributed by atoms with Crippen LogP contribution in [0.25, 0.3) is 10.9 Å². The van der Waals surface area contributed by atoms with Crippen LogP contribution in [0.5, 0.6) is 0 Å². The van der Waals surface area contributed by atoms with Crippen LogP contribution in [0.4, 0.5) is 5.69 Å². The molecular weight excluding hydrogens is 320 g/mol. The molecule has 0 aliphatic carbocycles. The molecule has 5 nitrogen and oxygen atoms in total. The number of nitrogens with one attached hydrogen (secondary N) is 1. The first-order valence-electron chi connectivity index (χ1n) is 5.98. The van der Waals surface area contributed by atoms with E-state index < -0.39 is 0 Å². The van der Waals surface area contributed by atoms with Gasteiger partial charge in [-0.1, -0.05) is 6.07 Å². The number of pyridine rings is 1. The van der Waals surface area contributed by atoms with E-state index in [2.05, 4.69) is 31.1 Å². The van der Waals surface area contributed by atoms with Gasteiger partial charge in [-0.3, -0.25) is 14.9 Å². The van der Waals surface area contributed by atoms with E-state index in [-0.39, 0.29) is 5.91 Å². The number of halogens is 1. The molecule has 100 valence electrons. The Morgan fingerprint density at radius 3 is 2.90 bits per heavy atom. The normalized spacial score (nSPS) is 10.7. The zero-order valence-electron chi connectivity index (χ0n) is 10.7. The van der Waals surface area contributed by atoms with Crippen LogP contribution in [0.15, 0.2) is 47.2 Å². The lowest BCUT2D eigenvalue weighted by atomic mass is 10.2. The van der Waals surface area contributed by atoms with E-state index in [9.17, 15) is 4.79 Å². The van der Waals surface area contributed by atoms with Gasteiger partial charge < -0.3 is 4.90 Å². The summed E-state index contributed by atoms with van der Waals surface area (Å²) in [6, 6.07) is 9.36. The Bertz CT molecular complexity index is 770. The Morgan fingerprint density at radius 2 is 2.15 bits per heavy atom. The van der Waals surface area contributed by atoms with Gasteiger partial charge in [-0.2, -0.15) is 5.10 Å². The number of amides is 1. The van der Waals surface area contributed by atoms with Crippen molar-refractivity contribution in [3.63, 3.8) is 0 Å². The molecule has 2 aromatic heterocycles. The summed E-state index contributed by atoms with van der Waals surface area (Å²) in [4.78, 5) is 18.1. The average molecular weight is 331 g/mol. The summed E-state index contributed by atoms with van der Waals surface area (Å²) in [5.74, 6) is -0.140. The summed E-state index contributed by atoms with van der Waals surface area (Å²) in [5.41, 5.74) is 2.08. The van der Waals surface area contributed by atoms with Gasteiger partial charge in [0.05, 0.1) is 5.52 Å². The maximum absolute atomic E-state index is 12.2. The molecule has 0 fully saturated rings. The number of hydrogen-bond donors (Lipinski definition) is 1. The van der Waals surface area contributed by atoms with Gasteiger partial charge in [0.1, 0.15) is 5.69 Å². The van der Waals surface area contributed by atoms with Crippen LogP contribution < -0.4 is 4.90 Å². The minimum Gasteiger partial charge on any atom is -0.310 e. The molecule has 1 N–H and O–H groups in total. The van der Waals surface area contributed by atoms with Crippen molar-refractivity contribution in [2.75, 3.05) is 11.9 Å². The van der Waals surface area contributed by atoms with Gasteiger partial charge in [0.15, 0.2) is 0 Å². The van der Waals surface area contributed by atoms with E-state index in [0.29, 0.717) is 5.69 Å². The molecule has 1 aromatic carbocycles. The summed E-state index contributed by atoms with van der Waals surface area (Å²) in [6.07, 6.45) is 3.30. The number of aromatic amines is 1. The lowest BCUT2D eigenvalue weighted by Gasteiger charge is -2.16.